The van der Waals surface area contributed by atoms with Crippen LogP contribution in [0.25, 0.3) is 0 Å². The number of nitriles is 1. The molecule has 0 saturated heterocycles. The van der Waals surface area contributed by atoms with Crippen molar-refractivity contribution >= 4 is 21.9 Å². The highest BCUT2D eigenvalue weighted by Crippen LogP contribution is 2.26. The van der Waals surface area contributed by atoms with Gasteiger partial charge in [0.25, 0.3) is 0 Å². The van der Waals surface area contributed by atoms with Crippen molar-refractivity contribution in [3.63, 3.8) is 0 Å². The molecule has 3 nitrogen and oxygen atoms in total. The molecule has 0 unspecified atom stereocenters. The van der Waals surface area contributed by atoms with Crippen LogP contribution in [-0.2, 0) is 9.53 Å². The average molecular weight is 254 g/mol. The van der Waals surface area contributed by atoms with Crippen LogP contribution >= 0.6 is 15.9 Å². The number of hydrogen-bond acceptors (Lipinski definition) is 3. The molecule has 14 heavy (non-hydrogen) atoms. The number of carbonyl (C=O) groups is 1. The lowest BCUT2D eigenvalue weighted by molar-refractivity contribution is -0.139. The Hall–Kier alpha value is -1.34. The number of alkyl halides is 1. The predicted octanol–water partition coefficient (Wildman–Crippen LogP) is 2.17. The predicted molar refractivity (Wildman–Crippen MR) is 54.8 cm³/mol. The number of benzene rings is 1. The molecule has 1 rings (SSSR count). The van der Waals surface area contributed by atoms with Crippen LogP contribution in [0.4, 0.5) is 0 Å². The van der Waals surface area contributed by atoms with E-state index >= 15 is 0 Å². The van der Waals surface area contributed by atoms with Gasteiger partial charge < -0.3 is 4.74 Å². The van der Waals surface area contributed by atoms with E-state index in [4.69, 9.17) is 5.26 Å². The van der Waals surface area contributed by atoms with Gasteiger partial charge in [-0.2, -0.15) is 5.26 Å². The van der Waals surface area contributed by atoms with E-state index in [9.17, 15) is 4.79 Å². The lowest BCUT2D eigenvalue weighted by Crippen LogP contribution is -2.09. The highest BCUT2D eigenvalue weighted by molar-refractivity contribution is 9.09. The number of ether oxygens (including phenoxy) is 1. The minimum absolute atomic E-state index is 0.410. The van der Waals surface area contributed by atoms with Gasteiger partial charge in [-0.1, -0.05) is 34.1 Å². The first-order valence-corrected chi connectivity index (χ1v) is 4.83. The first-order valence-electron chi connectivity index (χ1n) is 3.91. The van der Waals surface area contributed by atoms with Crippen molar-refractivity contribution in [3.8, 4) is 6.07 Å². The van der Waals surface area contributed by atoms with Gasteiger partial charge in [-0.05, 0) is 11.6 Å². The standard InChI is InChI=1S/C10H8BrNO2/c1-14-10(13)9(11)8-5-3-2-4-7(8)6-12/h2-5,9H,1H3/t9-/m1/s1. The molecule has 0 N–H and O–H groups in total. The molecule has 0 aromatic heterocycles. The topological polar surface area (TPSA) is 50.1 Å². The van der Waals surface area contributed by atoms with E-state index < -0.39 is 10.8 Å². The Balaban J connectivity index is 3.07. The molecule has 0 aliphatic carbocycles. The average Bonchev–Trinajstić information content (AvgIpc) is 2.26. The number of esters is 1. The summed E-state index contributed by atoms with van der Waals surface area (Å²) in [6.07, 6.45) is 0. The Kier molecular flexibility index (Phi) is 3.66. The summed E-state index contributed by atoms with van der Waals surface area (Å²) in [5, 5.41) is 8.80. The summed E-state index contributed by atoms with van der Waals surface area (Å²) in [5.41, 5.74) is 1.10. The van der Waals surface area contributed by atoms with Crippen molar-refractivity contribution < 1.29 is 9.53 Å². The number of halogens is 1. The zero-order chi connectivity index (χ0) is 10.6. The molecular formula is C10H8BrNO2. The summed E-state index contributed by atoms with van der Waals surface area (Å²) in [7, 11) is 1.31. The van der Waals surface area contributed by atoms with E-state index in [0.717, 1.165) is 0 Å². The van der Waals surface area contributed by atoms with Crippen LogP contribution in [0.3, 0.4) is 0 Å². The molecule has 0 radical (unpaired) electrons. The fraction of sp³-hybridized carbons (Fsp3) is 0.200. The third kappa shape index (κ3) is 2.12. The van der Waals surface area contributed by atoms with E-state index in [2.05, 4.69) is 20.7 Å². The van der Waals surface area contributed by atoms with E-state index in [1.54, 1.807) is 24.3 Å². The highest BCUT2D eigenvalue weighted by Gasteiger charge is 2.20. The van der Waals surface area contributed by atoms with Crippen LogP contribution < -0.4 is 0 Å². The van der Waals surface area contributed by atoms with Crippen molar-refractivity contribution in [1.29, 1.82) is 5.26 Å². The molecular weight excluding hydrogens is 246 g/mol. The van der Waals surface area contributed by atoms with Gasteiger partial charge in [0.15, 0.2) is 0 Å². The molecule has 0 aliphatic rings. The number of hydrogen-bond donors (Lipinski definition) is 0. The van der Waals surface area contributed by atoms with Gasteiger partial charge in [-0.25, -0.2) is 0 Å². The van der Waals surface area contributed by atoms with Crippen molar-refractivity contribution in [2.24, 2.45) is 0 Å². The molecule has 4 heteroatoms. The summed E-state index contributed by atoms with van der Waals surface area (Å²) in [4.78, 5) is 10.6. The second-order valence-corrected chi connectivity index (χ2v) is 3.50. The first-order chi connectivity index (χ1) is 6.70. The fourth-order valence-electron chi connectivity index (χ4n) is 1.05. The lowest BCUT2D eigenvalue weighted by Gasteiger charge is -2.08. The molecule has 0 aliphatic heterocycles. The Morgan fingerprint density at radius 3 is 2.79 bits per heavy atom. The van der Waals surface area contributed by atoms with Gasteiger partial charge in [-0.15, -0.1) is 0 Å². The quantitative estimate of drug-likeness (QED) is 0.600. The minimum Gasteiger partial charge on any atom is -0.468 e. The Labute approximate surface area is 90.4 Å². The van der Waals surface area contributed by atoms with Gasteiger partial charge >= 0.3 is 5.97 Å². The molecule has 0 heterocycles. The van der Waals surface area contributed by atoms with E-state index in [1.165, 1.54) is 7.11 Å². The van der Waals surface area contributed by atoms with Crippen LogP contribution in [0.5, 0.6) is 0 Å². The maximum Gasteiger partial charge on any atom is 0.324 e. The maximum absolute atomic E-state index is 11.2. The van der Waals surface area contributed by atoms with Gasteiger partial charge in [0.05, 0.1) is 18.7 Å². The zero-order valence-corrected chi connectivity index (χ0v) is 9.11. The molecule has 72 valence electrons. The summed E-state index contributed by atoms with van der Waals surface area (Å²) < 4.78 is 4.57. The summed E-state index contributed by atoms with van der Waals surface area (Å²) >= 11 is 3.18. The highest BCUT2D eigenvalue weighted by atomic mass is 79.9. The molecule has 0 amide bonds. The third-order valence-corrected chi connectivity index (χ3v) is 2.63. The van der Waals surface area contributed by atoms with E-state index in [-0.39, 0.29) is 0 Å². The molecule has 1 atom stereocenters. The van der Waals surface area contributed by atoms with Gasteiger partial charge in [-0.3, -0.25) is 4.79 Å². The van der Waals surface area contributed by atoms with Crippen LogP contribution in [0.1, 0.15) is 16.0 Å². The van der Waals surface area contributed by atoms with Gasteiger partial charge in [0, 0.05) is 0 Å². The van der Waals surface area contributed by atoms with Crippen molar-refractivity contribution in [1.82, 2.24) is 0 Å². The summed E-state index contributed by atoms with van der Waals surface area (Å²) in [6, 6.07) is 8.91. The number of rotatable bonds is 2. The maximum atomic E-state index is 11.2. The molecule has 0 fully saturated rings. The minimum atomic E-state index is -0.580. The normalized spacial score (nSPS) is 11.5. The number of methoxy groups -OCH3 is 1. The Morgan fingerprint density at radius 2 is 2.21 bits per heavy atom. The monoisotopic (exact) mass is 253 g/mol. The molecule has 1 aromatic rings. The van der Waals surface area contributed by atoms with Crippen molar-refractivity contribution in [3.05, 3.63) is 35.4 Å². The van der Waals surface area contributed by atoms with Crippen LogP contribution in [0.15, 0.2) is 24.3 Å². The lowest BCUT2D eigenvalue weighted by atomic mass is 10.1. The molecule has 0 bridgehead atoms. The van der Waals surface area contributed by atoms with Gasteiger partial charge in [0.1, 0.15) is 4.83 Å². The fourth-order valence-corrected chi connectivity index (χ4v) is 1.64. The summed E-state index contributed by atoms with van der Waals surface area (Å²) in [6.45, 7) is 0. The van der Waals surface area contributed by atoms with E-state index in [0.29, 0.717) is 11.1 Å². The zero-order valence-electron chi connectivity index (χ0n) is 7.53. The third-order valence-electron chi connectivity index (χ3n) is 1.76. The second-order valence-electron chi connectivity index (χ2n) is 2.58. The molecule has 0 saturated carbocycles. The number of nitrogens with zero attached hydrogens (tertiary/aromatic N) is 1. The second kappa shape index (κ2) is 4.77. The smallest absolute Gasteiger partial charge is 0.324 e. The first kappa shape index (κ1) is 10.7. The van der Waals surface area contributed by atoms with E-state index in [1.807, 2.05) is 6.07 Å². The molecule has 0 spiro atoms. The summed E-state index contributed by atoms with van der Waals surface area (Å²) in [5.74, 6) is -0.410. The Bertz CT molecular complexity index is 384. The Morgan fingerprint density at radius 1 is 1.57 bits per heavy atom. The van der Waals surface area contributed by atoms with Crippen molar-refractivity contribution in [2.75, 3.05) is 7.11 Å². The molecule has 1 aromatic carbocycles. The van der Waals surface area contributed by atoms with Gasteiger partial charge in [0.2, 0.25) is 0 Å². The van der Waals surface area contributed by atoms with Crippen molar-refractivity contribution in [2.45, 2.75) is 4.83 Å². The SMILES string of the molecule is COC(=O)[C@H](Br)c1ccccc1C#N. The van der Waals surface area contributed by atoms with Crippen LogP contribution in [-0.4, -0.2) is 13.1 Å². The number of carbonyl (C=O) groups excluding carboxylic acids is 1. The largest absolute Gasteiger partial charge is 0.468 e. The van der Waals surface area contributed by atoms with Crippen LogP contribution in [0, 0.1) is 11.3 Å². The van der Waals surface area contributed by atoms with Crippen LogP contribution in [0.2, 0.25) is 0 Å².